The first-order valence-corrected chi connectivity index (χ1v) is 4.62. The molecule has 0 atom stereocenters. The monoisotopic (exact) mass is 223 g/mol. The van der Waals surface area contributed by atoms with E-state index in [1.807, 2.05) is 13.0 Å². The molecule has 16 heavy (non-hydrogen) atoms. The van der Waals surface area contributed by atoms with Crippen molar-refractivity contribution in [3.8, 4) is 0 Å². The molecule has 5 nitrogen and oxygen atoms in total. The van der Waals surface area contributed by atoms with Gasteiger partial charge in [0.05, 0.1) is 7.11 Å². The van der Waals surface area contributed by atoms with Crippen molar-refractivity contribution in [2.75, 3.05) is 14.2 Å². The second-order valence-electron chi connectivity index (χ2n) is 3.12. The molecule has 1 heterocycles. The molecule has 0 saturated carbocycles. The smallest absolute Gasteiger partial charge is 0.405 e. The summed E-state index contributed by atoms with van der Waals surface area (Å²) in [7, 11) is 2.42. The van der Waals surface area contributed by atoms with Crippen LogP contribution in [0.5, 0.6) is 0 Å². The maximum absolute atomic E-state index is 11.4. The van der Waals surface area contributed by atoms with Crippen molar-refractivity contribution in [2.45, 2.75) is 6.92 Å². The van der Waals surface area contributed by atoms with Crippen LogP contribution in [-0.2, 0) is 14.3 Å². The van der Waals surface area contributed by atoms with Gasteiger partial charge in [-0.3, -0.25) is 0 Å². The lowest BCUT2D eigenvalue weighted by Gasteiger charge is -2.10. The highest BCUT2D eigenvalue weighted by molar-refractivity contribution is 6.06. The number of aryl methyl sites for hydroxylation is 1. The minimum Gasteiger partial charge on any atom is -0.612 e. The summed E-state index contributed by atoms with van der Waals surface area (Å²) >= 11 is 0. The second-order valence-corrected chi connectivity index (χ2v) is 3.12. The minimum atomic E-state index is -0.734. The molecule has 86 valence electrons. The van der Waals surface area contributed by atoms with Gasteiger partial charge in [0.25, 0.3) is 0 Å². The Kier molecular flexibility index (Phi) is 3.88. The van der Waals surface area contributed by atoms with Crippen molar-refractivity contribution in [2.24, 2.45) is 0 Å². The van der Waals surface area contributed by atoms with E-state index in [1.54, 1.807) is 18.5 Å². The van der Waals surface area contributed by atoms with Gasteiger partial charge in [0, 0.05) is 11.6 Å². The first-order valence-electron chi connectivity index (χ1n) is 4.62. The fourth-order valence-corrected chi connectivity index (χ4v) is 1.22. The Morgan fingerprint density at radius 2 is 2.06 bits per heavy atom. The van der Waals surface area contributed by atoms with Crippen LogP contribution in [0.2, 0.25) is 0 Å². The first kappa shape index (κ1) is 12.0. The normalized spacial score (nSPS) is 11.7. The Balaban J connectivity index is 3.28. The minimum absolute atomic E-state index is 0.172. The molecule has 0 amide bonds. The summed E-state index contributed by atoms with van der Waals surface area (Å²) < 4.78 is 10.4. The molecule has 1 aromatic rings. The van der Waals surface area contributed by atoms with E-state index in [0.29, 0.717) is 0 Å². The van der Waals surface area contributed by atoms with E-state index in [1.165, 1.54) is 18.8 Å². The molecule has 1 aromatic heterocycles. The van der Waals surface area contributed by atoms with Gasteiger partial charge in [0.1, 0.15) is 5.95 Å². The van der Waals surface area contributed by atoms with Crippen LogP contribution in [0.4, 0.5) is 0 Å². The third-order valence-electron chi connectivity index (χ3n) is 1.96. The average molecular weight is 223 g/mol. The number of aromatic nitrogens is 1. The molecule has 5 heteroatoms. The molecule has 0 fully saturated rings. The molecule has 0 aliphatic rings. The summed E-state index contributed by atoms with van der Waals surface area (Å²) in [6.45, 7) is 1.85. The molecule has 0 radical (unpaired) electrons. The number of hydrogen-bond donors (Lipinski definition) is 0. The van der Waals surface area contributed by atoms with Gasteiger partial charge in [-0.05, 0) is 20.1 Å². The first-order chi connectivity index (χ1) is 7.60. The lowest BCUT2D eigenvalue weighted by atomic mass is 10.3. The van der Waals surface area contributed by atoms with E-state index in [0.717, 1.165) is 5.56 Å². The van der Waals surface area contributed by atoms with Gasteiger partial charge >= 0.3 is 11.7 Å². The number of rotatable bonds is 3. The number of hydrogen-bond acceptors (Lipinski definition) is 4. The highest BCUT2D eigenvalue weighted by atomic mass is 16.6. The highest BCUT2D eigenvalue weighted by Crippen LogP contribution is 2.03. The van der Waals surface area contributed by atoms with Crippen LogP contribution in [0.3, 0.4) is 0 Å². The number of nitrogens with zero attached hydrogens (tertiary/aromatic N) is 1. The van der Waals surface area contributed by atoms with E-state index >= 15 is 0 Å². The van der Waals surface area contributed by atoms with Crippen molar-refractivity contribution >= 4 is 11.7 Å². The van der Waals surface area contributed by atoms with Crippen LogP contribution >= 0.6 is 0 Å². The van der Waals surface area contributed by atoms with E-state index in [4.69, 9.17) is 0 Å². The molecule has 0 unspecified atom stereocenters. The predicted octanol–water partition coefficient (Wildman–Crippen LogP) is -0.412. The summed E-state index contributed by atoms with van der Waals surface area (Å²) in [6, 6.07) is 3.57. The number of esters is 1. The maximum atomic E-state index is 11.4. The van der Waals surface area contributed by atoms with Crippen LogP contribution in [0.1, 0.15) is 5.56 Å². The molecule has 0 aliphatic heterocycles. The van der Waals surface area contributed by atoms with Gasteiger partial charge in [0.15, 0.2) is 12.4 Å². The Bertz CT molecular complexity index is 426. The van der Waals surface area contributed by atoms with E-state index < -0.39 is 11.9 Å². The molecule has 0 aliphatic carbocycles. The van der Waals surface area contributed by atoms with Crippen molar-refractivity contribution in [1.29, 1.82) is 0 Å². The summed E-state index contributed by atoms with van der Waals surface area (Å²) in [5.41, 5.74) is 0.738. The molecule has 1 rings (SSSR count). The molecule has 0 spiro atoms. The van der Waals surface area contributed by atoms with Gasteiger partial charge in [0.2, 0.25) is 0 Å². The van der Waals surface area contributed by atoms with Gasteiger partial charge in [-0.1, -0.05) is 0 Å². The fraction of sp³-hybridized carbons (Fsp3) is 0.273. The topological polar surface area (TPSA) is 62.5 Å². The lowest BCUT2D eigenvalue weighted by molar-refractivity contribution is -0.586. The van der Waals surface area contributed by atoms with Crippen LogP contribution in [0, 0.1) is 6.92 Å². The zero-order valence-electron chi connectivity index (χ0n) is 9.39. The van der Waals surface area contributed by atoms with Crippen molar-refractivity contribution < 1.29 is 23.9 Å². The van der Waals surface area contributed by atoms with Crippen LogP contribution in [0.15, 0.2) is 30.5 Å². The number of carbonyl (C=O) groups excluding carboxylic acids is 1. The summed E-state index contributed by atoms with van der Waals surface area (Å²) in [5.74, 6) is -1.47. The van der Waals surface area contributed by atoms with Crippen molar-refractivity contribution in [3.63, 3.8) is 0 Å². The number of methoxy groups -OCH3 is 2. The highest BCUT2D eigenvalue weighted by Gasteiger charge is 2.23. The Morgan fingerprint density at radius 1 is 1.38 bits per heavy atom. The largest absolute Gasteiger partial charge is 0.612 e. The lowest BCUT2D eigenvalue weighted by Crippen LogP contribution is -2.39. The standard InChI is InChI=1S/C11H13NO4/c1-8-5-4-6-12(7-8)9(10(13)15-2)11(14)16-3/h4-7H,1-3H3. The summed E-state index contributed by atoms with van der Waals surface area (Å²) in [4.78, 5) is 11.4. The van der Waals surface area contributed by atoms with Crippen LogP contribution in [-0.4, -0.2) is 20.2 Å². The molecule has 0 saturated heterocycles. The Labute approximate surface area is 93.5 Å². The van der Waals surface area contributed by atoms with Gasteiger partial charge in [-0.25, -0.2) is 4.79 Å². The predicted molar refractivity (Wildman–Crippen MR) is 53.6 cm³/mol. The van der Waals surface area contributed by atoms with E-state index in [9.17, 15) is 9.90 Å². The Hall–Kier alpha value is -2.04. The maximum Gasteiger partial charge on any atom is 0.405 e. The Morgan fingerprint density at radius 3 is 2.56 bits per heavy atom. The summed E-state index contributed by atoms with van der Waals surface area (Å²) in [6.07, 6.45) is 3.22. The van der Waals surface area contributed by atoms with E-state index in [-0.39, 0.29) is 5.70 Å². The van der Waals surface area contributed by atoms with Crippen LogP contribution in [0.25, 0.3) is 5.70 Å². The van der Waals surface area contributed by atoms with Gasteiger partial charge in [-0.15, -0.1) is 0 Å². The third kappa shape index (κ3) is 2.50. The zero-order chi connectivity index (χ0) is 12.1. The van der Waals surface area contributed by atoms with Crippen LogP contribution < -0.4 is 9.67 Å². The summed E-state index contributed by atoms with van der Waals surface area (Å²) in [5, 5.41) is 11.4. The van der Waals surface area contributed by atoms with Gasteiger partial charge < -0.3 is 14.6 Å². The van der Waals surface area contributed by atoms with Gasteiger partial charge in [-0.2, -0.15) is 4.57 Å². The average Bonchev–Trinajstić information content (AvgIpc) is 2.29. The quantitative estimate of drug-likeness (QED) is 0.302. The fourth-order valence-electron chi connectivity index (χ4n) is 1.22. The molecular formula is C11H13NO4. The van der Waals surface area contributed by atoms with Crippen molar-refractivity contribution in [3.05, 3.63) is 36.0 Å². The number of ether oxygens (including phenoxy) is 2. The molecular weight excluding hydrogens is 210 g/mol. The zero-order valence-corrected chi connectivity index (χ0v) is 9.39. The molecule has 0 bridgehead atoms. The SMILES string of the molecule is COC(=O)/C(=C(\[O-])OC)[n+]1cccc(C)c1. The van der Waals surface area contributed by atoms with Crippen molar-refractivity contribution in [1.82, 2.24) is 0 Å². The molecule has 0 aromatic carbocycles. The van der Waals surface area contributed by atoms with E-state index in [2.05, 4.69) is 9.47 Å². The molecule has 0 N–H and O–H groups in total. The second kappa shape index (κ2) is 5.16. The number of carbonyl (C=O) groups is 1. The number of pyridine rings is 1. The third-order valence-corrected chi connectivity index (χ3v) is 1.96.